The van der Waals surface area contributed by atoms with Crippen LogP contribution in [0, 0.1) is 0 Å². The van der Waals surface area contributed by atoms with E-state index in [9.17, 15) is 14.4 Å². The maximum Gasteiger partial charge on any atom is 0.341 e. The van der Waals surface area contributed by atoms with Gasteiger partial charge in [-0.3, -0.25) is 9.36 Å². The maximum absolute atomic E-state index is 13.7. The Morgan fingerprint density at radius 3 is 2.47 bits per heavy atom. The summed E-state index contributed by atoms with van der Waals surface area (Å²) in [5.74, 6) is -0.414. The number of fused-ring (bicyclic) bond motifs is 1. The predicted octanol–water partition coefficient (Wildman–Crippen LogP) is 2.28. The smallest absolute Gasteiger partial charge is 0.341 e. The first kappa shape index (κ1) is 26.7. The highest BCUT2D eigenvalue weighted by Crippen LogP contribution is 2.32. The maximum atomic E-state index is 13.7. The molecule has 0 bridgehead atoms. The molecule has 0 radical (unpaired) electrons. The third-order valence-corrected chi connectivity index (χ3v) is 6.77. The largest absolute Gasteiger partial charge is 0.497 e. The summed E-state index contributed by atoms with van der Waals surface area (Å²) < 4.78 is 23.1. The number of hydrogen-bond donors (Lipinski definition) is 1. The number of methoxy groups -OCH3 is 2. The summed E-state index contributed by atoms with van der Waals surface area (Å²) in [6, 6.07) is 11.3. The van der Waals surface area contributed by atoms with E-state index in [1.165, 1.54) is 23.0 Å². The number of thiazole rings is 1. The molecule has 2 heterocycles. The van der Waals surface area contributed by atoms with Gasteiger partial charge in [-0.1, -0.05) is 29.5 Å². The Labute approximate surface area is 221 Å². The first-order chi connectivity index (χ1) is 18.3. The van der Waals surface area contributed by atoms with Gasteiger partial charge in [0.15, 0.2) is 22.9 Å². The van der Waals surface area contributed by atoms with Gasteiger partial charge in [-0.2, -0.15) is 0 Å². The lowest BCUT2D eigenvalue weighted by Crippen LogP contribution is -2.39. The molecule has 0 saturated carbocycles. The van der Waals surface area contributed by atoms with Gasteiger partial charge in [0, 0.05) is 0 Å². The number of hydrogen-bond acceptors (Lipinski definition) is 9. The second kappa shape index (κ2) is 11.3. The molecule has 38 heavy (non-hydrogen) atoms. The Balaban J connectivity index is 1.84. The Kier molecular flexibility index (Phi) is 7.96. The number of carbonyl (C=O) groups is 2. The van der Waals surface area contributed by atoms with E-state index < -0.39 is 24.6 Å². The monoisotopic (exact) mass is 538 g/mol. The second-order valence-corrected chi connectivity index (χ2v) is 9.18. The number of allylic oxidation sites excluding steroid dienone is 1. The standard InChI is InChI=1S/C27H26N2O8S/c1-5-36-26(33)23-15(2)28-27-29(24(23)17-7-9-18(34-3)10-8-17)25(32)21(38-27)13-16-6-11-19(20(12-16)35-4)37-14-22(30)31/h6-13,24H,5,14H2,1-4H3,(H,30,31)/b21-13-/t24-/m1/s1. The van der Waals surface area contributed by atoms with Crippen molar-refractivity contribution in [1.29, 1.82) is 0 Å². The van der Waals surface area contributed by atoms with Crippen molar-refractivity contribution in [2.75, 3.05) is 27.4 Å². The van der Waals surface area contributed by atoms with Crippen molar-refractivity contribution >= 4 is 29.4 Å². The Hall–Kier alpha value is -4.38. The first-order valence-corrected chi connectivity index (χ1v) is 12.4. The van der Waals surface area contributed by atoms with Crippen LogP contribution in [0.3, 0.4) is 0 Å². The van der Waals surface area contributed by atoms with Crippen LogP contribution in [0.2, 0.25) is 0 Å². The Bertz CT molecular complexity index is 1580. The molecule has 2 aromatic carbocycles. The lowest BCUT2D eigenvalue weighted by Gasteiger charge is -2.24. The van der Waals surface area contributed by atoms with E-state index in [2.05, 4.69) is 4.99 Å². The highest BCUT2D eigenvalue weighted by molar-refractivity contribution is 7.07. The summed E-state index contributed by atoms with van der Waals surface area (Å²) in [5, 5.41) is 8.87. The van der Waals surface area contributed by atoms with E-state index in [0.29, 0.717) is 37.7 Å². The van der Waals surface area contributed by atoms with E-state index in [1.54, 1.807) is 69.5 Å². The van der Waals surface area contributed by atoms with Crippen LogP contribution in [-0.2, 0) is 14.3 Å². The van der Waals surface area contributed by atoms with Crippen LogP contribution < -0.4 is 29.1 Å². The van der Waals surface area contributed by atoms with Crippen LogP contribution in [0.15, 0.2) is 63.5 Å². The van der Waals surface area contributed by atoms with Crippen LogP contribution in [0.1, 0.15) is 31.0 Å². The molecule has 1 aliphatic heterocycles. The zero-order valence-corrected chi connectivity index (χ0v) is 22.0. The summed E-state index contributed by atoms with van der Waals surface area (Å²) in [5.41, 5.74) is 1.78. The van der Waals surface area contributed by atoms with Gasteiger partial charge in [0.1, 0.15) is 5.75 Å². The fraction of sp³-hybridized carbons (Fsp3) is 0.259. The second-order valence-electron chi connectivity index (χ2n) is 8.17. The van der Waals surface area contributed by atoms with Crippen molar-refractivity contribution in [3.05, 3.63) is 84.5 Å². The Morgan fingerprint density at radius 2 is 1.84 bits per heavy atom. The molecule has 1 atom stereocenters. The molecule has 1 aliphatic rings. The molecule has 0 spiro atoms. The van der Waals surface area contributed by atoms with E-state index in [-0.39, 0.29) is 23.5 Å². The first-order valence-electron chi connectivity index (χ1n) is 11.6. The molecular weight excluding hydrogens is 512 g/mol. The van der Waals surface area contributed by atoms with Gasteiger partial charge in [0.2, 0.25) is 0 Å². The molecule has 1 aromatic heterocycles. The molecule has 1 N–H and O–H groups in total. The molecule has 0 amide bonds. The molecule has 0 fully saturated rings. The van der Waals surface area contributed by atoms with E-state index >= 15 is 0 Å². The van der Waals surface area contributed by atoms with Gasteiger partial charge in [0.25, 0.3) is 5.56 Å². The van der Waals surface area contributed by atoms with Crippen molar-refractivity contribution in [1.82, 2.24) is 4.57 Å². The van der Waals surface area contributed by atoms with Crippen LogP contribution in [0.5, 0.6) is 17.2 Å². The normalized spacial score (nSPS) is 14.9. The topological polar surface area (TPSA) is 126 Å². The van der Waals surface area contributed by atoms with Crippen LogP contribution >= 0.6 is 11.3 Å². The number of carbonyl (C=O) groups excluding carboxylic acids is 1. The van der Waals surface area contributed by atoms with Gasteiger partial charge >= 0.3 is 11.9 Å². The summed E-state index contributed by atoms with van der Waals surface area (Å²) in [6.07, 6.45) is 1.68. The minimum Gasteiger partial charge on any atom is -0.497 e. The van der Waals surface area contributed by atoms with Gasteiger partial charge in [-0.15, -0.1) is 0 Å². The van der Waals surface area contributed by atoms with Crippen molar-refractivity contribution < 1.29 is 33.6 Å². The van der Waals surface area contributed by atoms with E-state index in [0.717, 1.165) is 0 Å². The number of nitrogens with zero attached hydrogens (tertiary/aromatic N) is 2. The highest BCUT2D eigenvalue weighted by Gasteiger charge is 2.33. The van der Waals surface area contributed by atoms with Crippen molar-refractivity contribution in [3.63, 3.8) is 0 Å². The van der Waals surface area contributed by atoms with Gasteiger partial charge in [0.05, 0.1) is 42.7 Å². The number of aromatic nitrogens is 1. The highest BCUT2D eigenvalue weighted by atomic mass is 32.1. The quantitative estimate of drug-likeness (QED) is 0.412. The SMILES string of the molecule is CCOC(=O)C1=C(C)N=c2s/c(=C\c3ccc(OCC(=O)O)c(OC)c3)c(=O)n2[C@@H]1c1ccc(OC)cc1. The zero-order chi connectivity index (χ0) is 27.4. The fourth-order valence-electron chi connectivity index (χ4n) is 4.08. The molecule has 0 saturated heterocycles. The van der Waals surface area contributed by atoms with Crippen LogP contribution in [-0.4, -0.2) is 49.0 Å². The summed E-state index contributed by atoms with van der Waals surface area (Å²) >= 11 is 1.19. The number of esters is 1. The van der Waals surface area contributed by atoms with Crippen molar-refractivity contribution in [2.24, 2.45) is 4.99 Å². The van der Waals surface area contributed by atoms with E-state index in [4.69, 9.17) is 24.1 Å². The number of carboxylic acids is 1. The van der Waals surface area contributed by atoms with Crippen molar-refractivity contribution in [3.8, 4) is 17.2 Å². The third kappa shape index (κ3) is 5.32. The van der Waals surface area contributed by atoms with Crippen molar-refractivity contribution in [2.45, 2.75) is 19.9 Å². The molecule has 0 unspecified atom stereocenters. The molecular formula is C27H26N2O8S. The summed E-state index contributed by atoms with van der Waals surface area (Å²) in [7, 11) is 3.00. The lowest BCUT2D eigenvalue weighted by atomic mass is 9.96. The van der Waals surface area contributed by atoms with Crippen LogP contribution in [0.4, 0.5) is 0 Å². The zero-order valence-electron chi connectivity index (χ0n) is 21.2. The molecule has 3 aromatic rings. The number of benzene rings is 2. The van der Waals surface area contributed by atoms with E-state index in [1.807, 2.05) is 0 Å². The Morgan fingerprint density at radius 1 is 1.11 bits per heavy atom. The molecule has 198 valence electrons. The number of aliphatic carboxylic acids is 1. The minimum absolute atomic E-state index is 0.184. The summed E-state index contributed by atoms with van der Waals surface area (Å²) in [4.78, 5) is 42.6. The summed E-state index contributed by atoms with van der Waals surface area (Å²) in [6.45, 7) is 3.11. The molecule has 11 heteroatoms. The third-order valence-electron chi connectivity index (χ3n) is 5.79. The molecule has 4 rings (SSSR count). The fourth-order valence-corrected chi connectivity index (χ4v) is 5.12. The van der Waals surface area contributed by atoms with Gasteiger partial charge in [-0.05, 0) is 55.3 Å². The lowest BCUT2D eigenvalue weighted by molar-refractivity contribution is -0.140. The average molecular weight is 539 g/mol. The number of carboxylic acid groups (broad SMARTS) is 1. The number of ether oxygens (including phenoxy) is 4. The molecule has 10 nitrogen and oxygen atoms in total. The molecule has 0 aliphatic carbocycles. The van der Waals surface area contributed by atoms with Gasteiger partial charge in [-0.25, -0.2) is 14.6 Å². The minimum atomic E-state index is -1.11. The average Bonchev–Trinajstić information content (AvgIpc) is 3.21. The number of rotatable bonds is 9. The predicted molar refractivity (Wildman–Crippen MR) is 140 cm³/mol. The van der Waals surface area contributed by atoms with Gasteiger partial charge < -0.3 is 24.1 Å². The van der Waals surface area contributed by atoms with Crippen LogP contribution in [0.25, 0.3) is 6.08 Å².